The fourth-order valence-corrected chi connectivity index (χ4v) is 3.84. The molecule has 0 radical (unpaired) electrons. The first-order valence-corrected chi connectivity index (χ1v) is 8.21. The topological polar surface area (TPSA) is 12.0 Å². The van der Waals surface area contributed by atoms with Crippen molar-refractivity contribution in [3.8, 4) is 0 Å². The predicted octanol–water partition coefficient (Wildman–Crippen LogP) is 4.39. The number of nitrogens with one attached hydrogen (secondary N) is 1. The van der Waals surface area contributed by atoms with Crippen LogP contribution in [0.5, 0.6) is 0 Å². The molecule has 0 saturated heterocycles. The zero-order valence-electron chi connectivity index (χ0n) is 11.7. The molecule has 0 heterocycles. The van der Waals surface area contributed by atoms with Gasteiger partial charge in [-0.05, 0) is 49.4 Å². The number of rotatable bonds is 6. The second-order valence-electron chi connectivity index (χ2n) is 5.34. The van der Waals surface area contributed by atoms with Gasteiger partial charge in [0, 0.05) is 17.2 Å². The molecule has 2 rings (SSSR count). The van der Waals surface area contributed by atoms with Gasteiger partial charge in [0.25, 0.3) is 0 Å². The van der Waals surface area contributed by atoms with Gasteiger partial charge in [-0.2, -0.15) is 0 Å². The van der Waals surface area contributed by atoms with Crippen LogP contribution in [0.25, 0.3) is 0 Å². The highest BCUT2D eigenvalue weighted by Crippen LogP contribution is 2.32. The minimum absolute atomic E-state index is 0.968. The number of benzene rings is 1. The highest BCUT2D eigenvalue weighted by molar-refractivity contribution is 7.99. The normalized spacial score (nSPS) is 16.3. The second kappa shape index (κ2) is 7.20. The van der Waals surface area contributed by atoms with Crippen molar-refractivity contribution >= 4 is 11.8 Å². The maximum atomic E-state index is 3.38. The molecule has 0 atom stereocenters. The molecular formula is C16H25NS. The van der Waals surface area contributed by atoms with E-state index in [1.54, 1.807) is 0 Å². The SMILES string of the molecule is CCNCc1ccc(SCC2CCCC2)c(C)c1. The van der Waals surface area contributed by atoms with E-state index in [4.69, 9.17) is 0 Å². The minimum atomic E-state index is 0.968. The van der Waals surface area contributed by atoms with Gasteiger partial charge < -0.3 is 5.32 Å². The molecule has 1 aromatic rings. The van der Waals surface area contributed by atoms with Crippen LogP contribution < -0.4 is 5.32 Å². The summed E-state index contributed by atoms with van der Waals surface area (Å²) in [5, 5.41) is 3.38. The zero-order chi connectivity index (χ0) is 12.8. The first kappa shape index (κ1) is 14.0. The number of thioether (sulfide) groups is 1. The smallest absolute Gasteiger partial charge is 0.0205 e. The molecule has 0 bridgehead atoms. The van der Waals surface area contributed by atoms with Gasteiger partial charge in [-0.15, -0.1) is 11.8 Å². The largest absolute Gasteiger partial charge is 0.313 e. The average Bonchev–Trinajstić information content (AvgIpc) is 2.88. The molecule has 1 saturated carbocycles. The molecule has 1 nitrogen and oxygen atoms in total. The van der Waals surface area contributed by atoms with Crippen LogP contribution in [0.3, 0.4) is 0 Å². The molecule has 0 unspecified atom stereocenters. The molecule has 1 aliphatic carbocycles. The van der Waals surface area contributed by atoms with Gasteiger partial charge in [0.2, 0.25) is 0 Å². The Morgan fingerprint density at radius 2 is 2.06 bits per heavy atom. The first-order valence-electron chi connectivity index (χ1n) is 7.22. The molecule has 2 heteroatoms. The van der Waals surface area contributed by atoms with E-state index in [2.05, 4.69) is 49.1 Å². The van der Waals surface area contributed by atoms with Crippen molar-refractivity contribution < 1.29 is 0 Å². The van der Waals surface area contributed by atoms with E-state index in [1.807, 2.05) is 0 Å². The van der Waals surface area contributed by atoms with Crippen molar-refractivity contribution in [3.63, 3.8) is 0 Å². The third-order valence-electron chi connectivity index (χ3n) is 3.77. The first-order chi connectivity index (χ1) is 8.79. The Hall–Kier alpha value is -0.470. The third-order valence-corrected chi connectivity index (χ3v) is 5.17. The van der Waals surface area contributed by atoms with Crippen LogP contribution in [0.2, 0.25) is 0 Å². The van der Waals surface area contributed by atoms with Gasteiger partial charge in [0.15, 0.2) is 0 Å². The molecule has 0 aliphatic heterocycles. The molecule has 1 fully saturated rings. The van der Waals surface area contributed by atoms with E-state index in [0.29, 0.717) is 0 Å². The monoisotopic (exact) mass is 263 g/mol. The standard InChI is InChI=1S/C16H25NS/c1-3-17-11-15-8-9-16(13(2)10-15)18-12-14-6-4-5-7-14/h8-10,14,17H,3-7,11-12H2,1-2H3. The maximum absolute atomic E-state index is 3.38. The molecule has 18 heavy (non-hydrogen) atoms. The average molecular weight is 263 g/mol. The van der Waals surface area contributed by atoms with Gasteiger partial charge in [0.05, 0.1) is 0 Å². The summed E-state index contributed by atoms with van der Waals surface area (Å²) in [4.78, 5) is 1.47. The van der Waals surface area contributed by atoms with Gasteiger partial charge in [-0.1, -0.05) is 31.9 Å². The Kier molecular flexibility index (Phi) is 5.58. The third kappa shape index (κ3) is 4.03. The number of aryl methyl sites for hydroxylation is 1. The Morgan fingerprint density at radius 1 is 1.28 bits per heavy atom. The molecular weight excluding hydrogens is 238 g/mol. The fourth-order valence-electron chi connectivity index (χ4n) is 2.64. The van der Waals surface area contributed by atoms with Crippen molar-refractivity contribution in [2.24, 2.45) is 5.92 Å². The highest BCUT2D eigenvalue weighted by atomic mass is 32.2. The molecule has 100 valence electrons. The molecule has 1 aliphatic rings. The summed E-state index contributed by atoms with van der Waals surface area (Å²) in [5.74, 6) is 2.28. The van der Waals surface area contributed by atoms with E-state index in [1.165, 1.54) is 47.5 Å². The summed E-state index contributed by atoms with van der Waals surface area (Å²) in [7, 11) is 0. The second-order valence-corrected chi connectivity index (χ2v) is 6.40. The molecule has 0 amide bonds. The Balaban J connectivity index is 1.87. The van der Waals surface area contributed by atoms with Crippen LogP contribution in [0.15, 0.2) is 23.1 Å². The summed E-state index contributed by atoms with van der Waals surface area (Å²) in [6.07, 6.45) is 5.80. The van der Waals surface area contributed by atoms with Gasteiger partial charge >= 0.3 is 0 Å². The summed E-state index contributed by atoms with van der Waals surface area (Å²) in [6, 6.07) is 6.91. The lowest BCUT2D eigenvalue weighted by atomic mass is 10.1. The Bertz CT molecular complexity index is 369. The Morgan fingerprint density at radius 3 is 2.72 bits per heavy atom. The van der Waals surface area contributed by atoms with Crippen LogP contribution >= 0.6 is 11.8 Å². The molecule has 1 N–H and O–H groups in total. The zero-order valence-corrected chi connectivity index (χ0v) is 12.5. The molecule has 1 aromatic carbocycles. The summed E-state index contributed by atoms with van der Waals surface area (Å²) in [5.41, 5.74) is 2.84. The van der Waals surface area contributed by atoms with Crippen LogP contribution in [0.4, 0.5) is 0 Å². The highest BCUT2D eigenvalue weighted by Gasteiger charge is 2.15. The van der Waals surface area contributed by atoms with Crippen LogP contribution in [0, 0.1) is 12.8 Å². The summed E-state index contributed by atoms with van der Waals surface area (Å²) >= 11 is 2.06. The van der Waals surface area contributed by atoms with Crippen molar-refractivity contribution in [1.82, 2.24) is 5.32 Å². The van der Waals surface area contributed by atoms with Gasteiger partial charge in [-0.3, -0.25) is 0 Å². The van der Waals surface area contributed by atoms with Crippen molar-refractivity contribution in [3.05, 3.63) is 29.3 Å². The van der Waals surface area contributed by atoms with Crippen LogP contribution in [-0.4, -0.2) is 12.3 Å². The molecule has 0 spiro atoms. The van der Waals surface area contributed by atoms with Gasteiger partial charge in [0.1, 0.15) is 0 Å². The van der Waals surface area contributed by atoms with Gasteiger partial charge in [-0.25, -0.2) is 0 Å². The Labute approximate surface area is 116 Å². The van der Waals surface area contributed by atoms with E-state index < -0.39 is 0 Å². The number of hydrogen-bond acceptors (Lipinski definition) is 2. The quantitative estimate of drug-likeness (QED) is 0.764. The predicted molar refractivity (Wildman–Crippen MR) is 81.2 cm³/mol. The van der Waals surface area contributed by atoms with E-state index in [0.717, 1.165) is 19.0 Å². The summed E-state index contributed by atoms with van der Waals surface area (Å²) in [6.45, 7) is 6.42. The van der Waals surface area contributed by atoms with Crippen molar-refractivity contribution in [2.75, 3.05) is 12.3 Å². The maximum Gasteiger partial charge on any atom is 0.0205 e. The number of hydrogen-bond donors (Lipinski definition) is 1. The summed E-state index contributed by atoms with van der Waals surface area (Å²) < 4.78 is 0. The lowest BCUT2D eigenvalue weighted by Crippen LogP contribution is -2.11. The van der Waals surface area contributed by atoms with E-state index in [9.17, 15) is 0 Å². The lowest BCUT2D eigenvalue weighted by Gasteiger charge is -2.11. The minimum Gasteiger partial charge on any atom is -0.313 e. The van der Waals surface area contributed by atoms with Crippen molar-refractivity contribution in [1.29, 1.82) is 0 Å². The lowest BCUT2D eigenvalue weighted by molar-refractivity contribution is 0.623. The fraction of sp³-hybridized carbons (Fsp3) is 0.625. The van der Waals surface area contributed by atoms with Crippen molar-refractivity contribution in [2.45, 2.75) is 51.0 Å². The molecule has 0 aromatic heterocycles. The van der Waals surface area contributed by atoms with E-state index in [-0.39, 0.29) is 0 Å². The van der Waals surface area contributed by atoms with Crippen LogP contribution in [-0.2, 0) is 6.54 Å². The van der Waals surface area contributed by atoms with Crippen LogP contribution in [0.1, 0.15) is 43.7 Å². The van der Waals surface area contributed by atoms with E-state index >= 15 is 0 Å².